The Morgan fingerprint density at radius 3 is 2.52 bits per heavy atom. The predicted molar refractivity (Wildman–Crippen MR) is 89.1 cm³/mol. The highest BCUT2D eigenvalue weighted by atomic mass is 79.9. The quantitative estimate of drug-likeness (QED) is 0.892. The molecule has 21 heavy (non-hydrogen) atoms. The van der Waals surface area contributed by atoms with Crippen LogP contribution in [0.15, 0.2) is 41.1 Å². The number of hydrogen-bond donors (Lipinski definition) is 2. The molecule has 3 N–H and O–H groups in total. The molecule has 6 heteroatoms. The topological polar surface area (TPSA) is 63.4 Å². The summed E-state index contributed by atoms with van der Waals surface area (Å²) < 4.78 is 6.22. The molecule has 0 saturated carbocycles. The smallest absolute Gasteiger partial charge is 0.0794 e. The summed E-state index contributed by atoms with van der Waals surface area (Å²) in [6, 6.07) is 8.33. The van der Waals surface area contributed by atoms with Crippen molar-refractivity contribution < 1.29 is 4.74 Å². The number of nitrogens with zero attached hydrogens (tertiary/aromatic N) is 2. The van der Waals surface area contributed by atoms with E-state index in [2.05, 4.69) is 55.4 Å². The number of halogens is 1. The van der Waals surface area contributed by atoms with Crippen LogP contribution in [0.5, 0.6) is 0 Å². The van der Waals surface area contributed by atoms with E-state index in [1.54, 1.807) is 12.4 Å². The summed E-state index contributed by atoms with van der Waals surface area (Å²) >= 11 is 3.45. The molecular weight excluding hydrogens is 332 g/mol. The lowest BCUT2D eigenvalue weighted by molar-refractivity contribution is 0.122. The molecule has 0 unspecified atom stereocenters. The summed E-state index contributed by atoms with van der Waals surface area (Å²) in [5.74, 6) is 0. The Hall–Kier alpha value is -1.79. The first-order chi connectivity index (χ1) is 10.2. The highest BCUT2D eigenvalue weighted by Crippen LogP contribution is 2.31. The van der Waals surface area contributed by atoms with Crippen molar-refractivity contribution in [3.63, 3.8) is 0 Å². The van der Waals surface area contributed by atoms with Crippen LogP contribution in [-0.4, -0.2) is 31.3 Å². The molecule has 2 heterocycles. The molecular formula is C15H17BrN4O. The number of nitrogen functional groups attached to an aromatic ring is 1. The van der Waals surface area contributed by atoms with Gasteiger partial charge in [-0.2, -0.15) is 0 Å². The first kappa shape index (κ1) is 14.2. The summed E-state index contributed by atoms with van der Waals surface area (Å²) in [4.78, 5) is 6.35. The number of benzene rings is 1. The standard InChI is InChI=1S/C15H17BrN4O/c16-13-9-18-10-14(17)15(13)19-11-1-3-12(4-2-11)20-5-7-21-8-6-20/h1-4,9-10H,5-8,17H2,(H,18,19). The first-order valence-corrected chi connectivity index (χ1v) is 7.62. The van der Waals surface area contributed by atoms with Gasteiger partial charge in [-0.1, -0.05) is 0 Å². The number of nitrogens with one attached hydrogen (secondary N) is 1. The number of pyridine rings is 1. The second-order valence-electron chi connectivity index (χ2n) is 4.86. The SMILES string of the molecule is Nc1cncc(Br)c1Nc1ccc(N2CCOCC2)cc1. The fourth-order valence-electron chi connectivity index (χ4n) is 2.30. The minimum Gasteiger partial charge on any atom is -0.396 e. The van der Waals surface area contributed by atoms with Gasteiger partial charge in [-0.3, -0.25) is 4.98 Å². The minimum atomic E-state index is 0.613. The van der Waals surface area contributed by atoms with Crippen molar-refractivity contribution in [1.29, 1.82) is 0 Å². The molecule has 5 nitrogen and oxygen atoms in total. The van der Waals surface area contributed by atoms with E-state index in [9.17, 15) is 0 Å². The van der Waals surface area contributed by atoms with Gasteiger partial charge in [-0.25, -0.2) is 0 Å². The largest absolute Gasteiger partial charge is 0.396 e. The van der Waals surface area contributed by atoms with Crippen LogP contribution >= 0.6 is 15.9 Å². The monoisotopic (exact) mass is 348 g/mol. The predicted octanol–water partition coefficient (Wildman–Crippen LogP) is 3.01. The summed E-state index contributed by atoms with van der Waals surface area (Å²) in [7, 11) is 0. The third-order valence-electron chi connectivity index (χ3n) is 3.44. The third-order valence-corrected chi connectivity index (χ3v) is 4.04. The molecule has 1 fully saturated rings. The van der Waals surface area contributed by atoms with Crippen LogP contribution in [0.3, 0.4) is 0 Å². The summed E-state index contributed by atoms with van der Waals surface area (Å²) in [5.41, 5.74) is 9.59. The normalized spacial score (nSPS) is 15.0. The van der Waals surface area contributed by atoms with Crippen LogP contribution in [0.25, 0.3) is 0 Å². The maximum Gasteiger partial charge on any atom is 0.0794 e. The number of morpholine rings is 1. The molecule has 0 spiro atoms. The van der Waals surface area contributed by atoms with E-state index < -0.39 is 0 Å². The summed E-state index contributed by atoms with van der Waals surface area (Å²) in [6.45, 7) is 3.46. The number of nitrogens with two attached hydrogens (primary N) is 1. The lowest BCUT2D eigenvalue weighted by Gasteiger charge is -2.29. The van der Waals surface area contributed by atoms with Gasteiger partial charge >= 0.3 is 0 Å². The fourth-order valence-corrected chi connectivity index (χ4v) is 2.75. The minimum absolute atomic E-state index is 0.613. The van der Waals surface area contributed by atoms with E-state index in [0.29, 0.717) is 5.69 Å². The second-order valence-corrected chi connectivity index (χ2v) is 5.71. The van der Waals surface area contributed by atoms with Gasteiger partial charge in [-0.15, -0.1) is 0 Å². The van der Waals surface area contributed by atoms with Crippen molar-refractivity contribution in [3.8, 4) is 0 Å². The third kappa shape index (κ3) is 3.28. The molecule has 1 saturated heterocycles. The number of ether oxygens (including phenoxy) is 1. The van der Waals surface area contributed by atoms with Crippen LogP contribution in [-0.2, 0) is 4.74 Å². The molecule has 0 bridgehead atoms. The zero-order valence-corrected chi connectivity index (χ0v) is 13.1. The van der Waals surface area contributed by atoms with Gasteiger partial charge in [0.2, 0.25) is 0 Å². The van der Waals surface area contributed by atoms with E-state index in [1.807, 2.05) is 0 Å². The van der Waals surface area contributed by atoms with Crippen molar-refractivity contribution in [2.24, 2.45) is 0 Å². The van der Waals surface area contributed by atoms with E-state index in [1.165, 1.54) is 5.69 Å². The van der Waals surface area contributed by atoms with Gasteiger partial charge < -0.3 is 20.7 Å². The van der Waals surface area contributed by atoms with Gasteiger partial charge in [0.1, 0.15) is 0 Å². The van der Waals surface area contributed by atoms with E-state index in [4.69, 9.17) is 10.5 Å². The molecule has 1 aliphatic heterocycles. The molecule has 0 aliphatic carbocycles. The molecule has 2 aromatic rings. The highest BCUT2D eigenvalue weighted by molar-refractivity contribution is 9.10. The van der Waals surface area contributed by atoms with Gasteiger partial charge in [0, 0.05) is 30.7 Å². The Kier molecular flexibility index (Phi) is 4.26. The number of hydrogen-bond acceptors (Lipinski definition) is 5. The number of aromatic nitrogens is 1. The number of rotatable bonds is 3. The Bertz CT molecular complexity index is 591. The average molecular weight is 349 g/mol. The Morgan fingerprint density at radius 1 is 1.14 bits per heavy atom. The maximum absolute atomic E-state index is 5.94. The van der Waals surface area contributed by atoms with Crippen LogP contribution in [0.1, 0.15) is 0 Å². The zero-order chi connectivity index (χ0) is 14.7. The van der Waals surface area contributed by atoms with Crippen molar-refractivity contribution in [2.75, 3.05) is 42.3 Å². The lowest BCUT2D eigenvalue weighted by atomic mass is 10.2. The van der Waals surface area contributed by atoms with Crippen LogP contribution in [0, 0.1) is 0 Å². The lowest BCUT2D eigenvalue weighted by Crippen LogP contribution is -2.36. The molecule has 0 radical (unpaired) electrons. The van der Waals surface area contributed by atoms with Gasteiger partial charge in [-0.05, 0) is 40.2 Å². The molecule has 1 aromatic carbocycles. The molecule has 110 valence electrons. The Morgan fingerprint density at radius 2 is 1.86 bits per heavy atom. The van der Waals surface area contributed by atoms with E-state index in [-0.39, 0.29) is 0 Å². The molecule has 1 aromatic heterocycles. The molecule has 1 aliphatic rings. The Balaban J connectivity index is 1.75. The van der Waals surface area contributed by atoms with Crippen molar-refractivity contribution in [3.05, 3.63) is 41.1 Å². The van der Waals surface area contributed by atoms with Gasteiger partial charge in [0.05, 0.1) is 35.3 Å². The van der Waals surface area contributed by atoms with Crippen molar-refractivity contribution in [1.82, 2.24) is 4.98 Å². The van der Waals surface area contributed by atoms with E-state index in [0.717, 1.165) is 42.2 Å². The highest BCUT2D eigenvalue weighted by Gasteiger charge is 2.11. The Labute approximate surface area is 132 Å². The van der Waals surface area contributed by atoms with Crippen molar-refractivity contribution >= 4 is 38.7 Å². The fraction of sp³-hybridized carbons (Fsp3) is 0.267. The average Bonchev–Trinajstić information content (AvgIpc) is 2.53. The molecule has 0 amide bonds. The number of anilines is 4. The summed E-state index contributed by atoms with van der Waals surface area (Å²) in [6.07, 6.45) is 3.36. The van der Waals surface area contributed by atoms with Crippen LogP contribution in [0.2, 0.25) is 0 Å². The maximum atomic E-state index is 5.94. The molecule has 0 atom stereocenters. The summed E-state index contributed by atoms with van der Waals surface area (Å²) in [5, 5.41) is 3.32. The second kappa shape index (κ2) is 6.32. The van der Waals surface area contributed by atoms with Crippen LogP contribution in [0.4, 0.5) is 22.7 Å². The van der Waals surface area contributed by atoms with Gasteiger partial charge in [0.15, 0.2) is 0 Å². The molecule has 3 rings (SSSR count). The zero-order valence-electron chi connectivity index (χ0n) is 11.6. The van der Waals surface area contributed by atoms with Crippen LogP contribution < -0.4 is 16.0 Å². The van der Waals surface area contributed by atoms with Gasteiger partial charge in [0.25, 0.3) is 0 Å². The van der Waals surface area contributed by atoms with Crippen molar-refractivity contribution in [2.45, 2.75) is 0 Å². The first-order valence-electron chi connectivity index (χ1n) is 6.83. The van der Waals surface area contributed by atoms with E-state index >= 15 is 0 Å².